The maximum Gasteiger partial charge on any atom is 0.231 e. The molecule has 108 valence electrons. The molecule has 0 spiro atoms. The van der Waals surface area contributed by atoms with Crippen LogP contribution in [0.2, 0.25) is 0 Å². The van der Waals surface area contributed by atoms with E-state index in [1.165, 1.54) is 0 Å². The Morgan fingerprint density at radius 3 is 2.24 bits per heavy atom. The highest BCUT2D eigenvalue weighted by molar-refractivity contribution is 7.80. The van der Waals surface area contributed by atoms with E-state index in [9.17, 15) is 4.79 Å². The summed E-state index contributed by atoms with van der Waals surface area (Å²) in [6.45, 7) is 2.62. The second kappa shape index (κ2) is 6.99. The zero-order valence-corrected chi connectivity index (χ0v) is 12.8. The highest BCUT2D eigenvalue weighted by Gasteiger charge is 2.14. The lowest BCUT2D eigenvalue weighted by Crippen LogP contribution is -2.31. The molecular formula is C17H18N2OS. The molecule has 2 N–H and O–H groups in total. The number of amides is 1. The maximum atomic E-state index is 12.4. The van der Waals surface area contributed by atoms with Crippen molar-refractivity contribution in [1.82, 2.24) is 0 Å². The van der Waals surface area contributed by atoms with Crippen molar-refractivity contribution in [1.29, 1.82) is 0 Å². The fourth-order valence-electron chi connectivity index (χ4n) is 2.17. The van der Waals surface area contributed by atoms with Crippen molar-refractivity contribution in [2.24, 2.45) is 5.73 Å². The van der Waals surface area contributed by atoms with E-state index in [1.807, 2.05) is 61.5 Å². The van der Waals surface area contributed by atoms with Gasteiger partial charge in [-0.05, 0) is 24.6 Å². The lowest BCUT2D eigenvalue weighted by Gasteiger charge is -2.21. The fourth-order valence-corrected chi connectivity index (χ4v) is 2.30. The van der Waals surface area contributed by atoms with Crippen molar-refractivity contribution in [3.8, 4) is 0 Å². The number of hydrogen-bond acceptors (Lipinski definition) is 2. The zero-order valence-electron chi connectivity index (χ0n) is 12.0. The molecule has 3 nitrogen and oxygen atoms in total. The first kappa shape index (κ1) is 15.2. The average molecular weight is 298 g/mol. The summed E-state index contributed by atoms with van der Waals surface area (Å²) >= 11 is 4.92. The summed E-state index contributed by atoms with van der Waals surface area (Å²) in [5.74, 6) is 0.0757. The van der Waals surface area contributed by atoms with Crippen molar-refractivity contribution in [2.45, 2.75) is 13.3 Å². The molecule has 21 heavy (non-hydrogen) atoms. The number of carbonyl (C=O) groups excluding carboxylic acids is 1. The molecule has 1 amide bonds. The van der Waals surface area contributed by atoms with E-state index in [-0.39, 0.29) is 5.91 Å². The second-order valence-corrected chi connectivity index (χ2v) is 5.15. The average Bonchev–Trinajstić information content (AvgIpc) is 2.49. The van der Waals surface area contributed by atoms with Crippen LogP contribution in [0.4, 0.5) is 5.69 Å². The van der Waals surface area contributed by atoms with Gasteiger partial charge in [-0.25, -0.2) is 0 Å². The highest BCUT2D eigenvalue weighted by atomic mass is 32.1. The van der Waals surface area contributed by atoms with Crippen LogP contribution >= 0.6 is 12.2 Å². The van der Waals surface area contributed by atoms with Crippen LogP contribution in [0.25, 0.3) is 0 Å². The van der Waals surface area contributed by atoms with Gasteiger partial charge in [-0.15, -0.1) is 0 Å². The summed E-state index contributed by atoms with van der Waals surface area (Å²) in [5.41, 5.74) is 8.26. The molecule has 0 atom stereocenters. The Morgan fingerprint density at radius 1 is 1.10 bits per heavy atom. The van der Waals surface area contributed by atoms with Gasteiger partial charge < -0.3 is 10.6 Å². The van der Waals surface area contributed by atoms with Gasteiger partial charge in [0.1, 0.15) is 4.99 Å². The van der Waals surface area contributed by atoms with Crippen LogP contribution in [0.15, 0.2) is 54.6 Å². The number of anilines is 1. The monoisotopic (exact) mass is 298 g/mol. The van der Waals surface area contributed by atoms with Crippen molar-refractivity contribution in [3.63, 3.8) is 0 Å². The van der Waals surface area contributed by atoms with Gasteiger partial charge in [-0.2, -0.15) is 0 Å². The smallest absolute Gasteiger partial charge is 0.231 e. The SMILES string of the molecule is CCN(C(=O)Cc1ccc(C(N)=S)cc1)c1ccccc1. The van der Waals surface area contributed by atoms with Crippen LogP contribution in [0, 0.1) is 0 Å². The number of para-hydroxylation sites is 1. The predicted octanol–water partition coefficient (Wildman–Crippen LogP) is 2.92. The molecule has 2 rings (SSSR count). The van der Waals surface area contributed by atoms with Gasteiger partial charge in [-0.1, -0.05) is 54.7 Å². The van der Waals surface area contributed by atoms with Crippen LogP contribution in [0.5, 0.6) is 0 Å². The largest absolute Gasteiger partial charge is 0.389 e. The predicted molar refractivity (Wildman–Crippen MR) is 90.5 cm³/mol. The lowest BCUT2D eigenvalue weighted by molar-refractivity contribution is -0.117. The molecule has 0 fully saturated rings. The number of nitrogens with zero attached hydrogens (tertiary/aromatic N) is 1. The second-order valence-electron chi connectivity index (χ2n) is 4.71. The van der Waals surface area contributed by atoms with E-state index in [0.29, 0.717) is 18.0 Å². The van der Waals surface area contributed by atoms with Gasteiger partial charge in [-0.3, -0.25) is 4.79 Å². The van der Waals surface area contributed by atoms with Gasteiger partial charge in [0, 0.05) is 17.8 Å². The Kier molecular flexibility index (Phi) is 5.06. The van der Waals surface area contributed by atoms with E-state index in [1.54, 1.807) is 4.90 Å². The molecule has 0 saturated carbocycles. The summed E-state index contributed by atoms with van der Waals surface area (Å²) in [6, 6.07) is 17.2. The third-order valence-corrected chi connectivity index (χ3v) is 3.51. The number of hydrogen-bond donors (Lipinski definition) is 1. The Labute approximate surface area is 130 Å². The van der Waals surface area contributed by atoms with Gasteiger partial charge >= 0.3 is 0 Å². The molecule has 0 bridgehead atoms. The van der Waals surface area contributed by atoms with E-state index >= 15 is 0 Å². The fraction of sp³-hybridized carbons (Fsp3) is 0.176. The van der Waals surface area contributed by atoms with Gasteiger partial charge in [0.15, 0.2) is 0 Å². The lowest BCUT2D eigenvalue weighted by atomic mass is 10.1. The quantitative estimate of drug-likeness (QED) is 0.863. The normalized spacial score (nSPS) is 10.1. The molecule has 0 radical (unpaired) electrons. The standard InChI is InChI=1S/C17H18N2OS/c1-2-19(15-6-4-3-5-7-15)16(20)12-13-8-10-14(11-9-13)17(18)21/h3-11H,2,12H2,1H3,(H2,18,21). The molecular weight excluding hydrogens is 280 g/mol. The number of carbonyl (C=O) groups is 1. The van der Waals surface area contributed by atoms with E-state index in [0.717, 1.165) is 16.8 Å². The molecule has 2 aromatic carbocycles. The minimum absolute atomic E-state index is 0.0757. The Balaban J connectivity index is 2.11. The van der Waals surface area contributed by atoms with Crippen molar-refractivity contribution in [3.05, 3.63) is 65.7 Å². The molecule has 0 aromatic heterocycles. The number of benzene rings is 2. The van der Waals surface area contributed by atoms with Crippen LogP contribution in [0.1, 0.15) is 18.1 Å². The molecule has 0 heterocycles. The minimum Gasteiger partial charge on any atom is -0.389 e. The summed E-state index contributed by atoms with van der Waals surface area (Å²) in [4.78, 5) is 14.6. The van der Waals surface area contributed by atoms with Crippen molar-refractivity contribution < 1.29 is 4.79 Å². The Morgan fingerprint density at radius 2 is 1.71 bits per heavy atom. The van der Waals surface area contributed by atoms with E-state index in [4.69, 9.17) is 18.0 Å². The van der Waals surface area contributed by atoms with Gasteiger partial charge in [0.25, 0.3) is 0 Å². The Bertz CT molecular complexity index is 623. The molecule has 2 aromatic rings. The topological polar surface area (TPSA) is 46.3 Å². The maximum absolute atomic E-state index is 12.4. The minimum atomic E-state index is 0.0757. The number of rotatable bonds is 5. The van der Waals surface area contributed by atoms with Crippen molar-refractivity contribution in [2.75, 3.05) is 11.4 Å². The third-order valence-electron chi connectivity index (χ3n) is 3.28. The summed E-state index contributed by atoms with van der Waals surface area (Å²) in [7, 11) is 0. The van der Waals surface area contributed by atoms with E-state index in [2.05, 4.69) is 0 Å². The Hall–Kier alpha value is -2.20. The van der Waals surface area contributed by atoms with Gasteiger partial charge in [0.2, 0.25) is 5.91 Å². The number of nitrogens with two attached hydrogens (primary N) is 1. The van der Waals surface area contributed by atoms with Crippen LogP contribution < -0.4 is 10.6 Å². The first-order chi connectivity index (χ1) is 10.1. The summed E-state index contributed by atoms with van der Waals surface area (Å²) in [5, 5.41) is 0. The molecule has 0 aliphatic rings. The molecule has 4 heteroatoms. The molecule has 0 aliphatic carbocycles. The van der Waals surface area contributed by atoms with Crippen LogP contribution in [-0.4, -0.2) is 17.4 Å². The molecule has 0 aliphatic heterocycles. The third kappa shape index (κ3) is 3.89. The van der Waals surface area contributed by atoms with Crippen LogP contribution in [-0.2, 0) is 11.2 Å². The summed E-state index contributed by atoms with van der Waals surface area (Å²) in [6.07, 6.45) is 0.361. The first-order valence-electron chi connectivity index (χ1n) is 6.86. The van der Waals surface area contributed by atoms with Gasteiger partial charge in [0.05, 0.1) is 6.42 Å². The highest BCUT2D eigenvalue weighted by Crippen LogP contribution is 2.15. The molecule has 0 unspecified atom stereocenters. The zero-order chi connectivity index (χ0) is 15.2. The van der Waals surface area contributed by atoms with E-state index < -0.39 is 0 Å². The summed E-state index contributed by atoms with van der Waals surface area (Å²) < 4.78 is 0. The first-order valence-corrected chi connectivity index (χ1v) is 7.26. The van der Waals surface area contributed by atoms with Crippen LogP contribution in [0.3, 0.4) is 0 Å². The molecule has 0 saturated heterocycles. The van der Waals surface area contributed by atoms with Crippen molar-refractivity contribution >= 4 is 28.8 Å². The number of thiocarbonyl (C=S) groups is 1. The number of likely N-dealkylation sites (N-methyl/N-ethyl adjacent to an activating group) is 1.